The molecule has 0 aliphatic carbocycles. The molecule has 120 valence electrons. The summed E-state index contributed by atoms with van der Waals surface area (Å²) in [4.78, 5) is 25.9. The first-order chi connectivity index (χ1) is 10.2. The lowest BCUT2D eigenvalue weighted by molar-refractivity contribution is 0.0289. The van der Waals surface area contributed by atoms with Crippen molar-refractivity contribution in [3.8, 4) is 0 Å². The van der Waals surface area contributed by atoms with E-state index in [0.717, 1.165) is 6.07 Å². The van der Waals surface area contributed by atoms with Crippen LogP contribution in [0.4, 0.5) is 9.18 Å². The molecule has 0 unspecified atom stereocenters. The molecular formula is C16H19ClFNO3. The summed E-state index contributed by atoms with van der Waals surface area (Å²) in [5.74, 6) is -1.13. The van der Waals surface area contributed by atoms with E-state index in [9.17, 15) is 14.0 Å². The van der Waals surface area contributed by atoms with Crippen LogP contribution < -0.4 is 0 Å². The van der Waals surface area contributed by atoms with Crippen molar-refractivity contribution in [2.24, 2.45) is 5.92 Å². The van der Waals surface area contributed by atoms with Crippen molar-refractivity contribution in [3.05, 3.63) is 34.6 Å². The van der Waals surface area contributed by atoms with Crippen LogP contribution in [0.3, 0.4) is 0 Å². The van der Waals surface area contributed by atoms with E-state index in [1.807, 2.05) is 0 Å². The number of carbonyl (C=O) groups excluding carboxylic acids is 2. The Morgan fingerprint density at radius 3 is 2.64 bits per heavy atom. The zero-order valence-corrected chi connectivity index (χ0v) is 13.6. The normalized spacial score (nSPS) is 18.4. The molecule has 1 aliphatic heterocycles. The molecule has 0 bridgehead atoms. The van der Waals surface area contributed by atoms with E-state index in [1.54, 1.807) is 20.8 Å². The molecule has 0 N–H and O–H groups in total. The molecule has 1 atom stereocenters. The number of Topliss-reactive ketones (excluding diaryl/α,β-unsaturated/α-hetero) is 1. The molecule has 0 aromatic heterocycles. The predicted molar refractivity (Wildman–Crippen MR) is 81.7 cm³/mol. The Morgan fingerprint density at radius 2 is 2.05 bits per heavy atom. The molecule has 0 radical (unpaired) electrons. The largest absolute Gasteiger partial charge is 0.444 e. The first-order valence-corrected chi connectivity index (χ1v) is 7.52. The fourth-order valence-electron chi connectivity index (χ4n) is 2.35. The molecule has 0 spiro atoms. The maximum absolute atomic E-state index is 13.4. The Morgan fingerprint density at radius 1 is 1.36 bits per heavy atom. The molecule has 1 fully saturated rings. The van der Waals surface area contributed by atoms with Gasteiger partial charge in [-0.2, -0.15) is 0 Å². The van der Waals surface area contributed by atoms with Crippen molar-refractivity contribution in [2.75, 3.05) is 13.1 Å². The number of ether oxygens (including phenoxy) is 1. The van der Waals surface area contributed by atoms with E-state index < -0.39 is 17.5 Å². The van der Waals surface area contributed by atoms with Crippen molar-refractivity contribution >= 4 is 23.5 Å². The fraction of sp³-hybridized carbons (Fsp3) is 0.500. The predicted octanol–water partition coefficient (Wildman–Crippen LogP) is 3.92. The second-order valence-electron chi connectivity index (χ2n) is 6.41. The fourth-order valence-corrected chi connectivity index (χ4v) is 2.47. The lowest BCUT2D eigenvalue weighted by Crippen LogP contribution is -2.35. The molecule has 0 saturated carbocycles. The highest BCUT2D eigenvalue weighted by Gasteiger charge is 2.33. The highest BCUT2D eigenvalue weighted by Crippen LogP contribution is 2.24. The molecule has 1 heterocycles. The monoisotopic (exact) mass is 327 g/mol. The van der Waals surface area contributed by atoms with Gasteiger partial charge in [-0.15, -0.1) is 0 Å². The number of carbonyl (C=O) groups is 2. The van der Waals surface area contributed by atoms with Crippen LogP contribution in [0.5, 0.6) is 0 Å². The van der Waals surface area contributed by atoms with Gasteiger partial charge in [0.25, 0.3) is 0 Å². The zero-order chi connectivity index (χ0) is 16.5. The molecule has 4 nitrogen and oxygen atoms in total. The maximum Gasteiger partial charge on any atom is 0.410 e. The van der Waals surface area contributed by atoms with Gasteiger partial charge in [-0.1, -0.05) is 11.6 Å². The van der Waals surface area contributed by atoms with Gasteiger partial charge in [0, 0.05) is 24.6 Å². The van der Waals surface area contributed by atoms with Crippen LogP contribution in [-0.4, -0.2) is 35.5 Å². The van der Waals surface area contributed by atoms with Crippen LogP contribution in [0.2, 0.25) is 5.02 Å². The lowest BCUT2D eigenvalue weighted by atomic mass is 9.97. The molecule has 6 heteroatoms. The Hall–Kier alpha value is -1.62. The first kappa shape index (κ1) is 16.7. The smallest absolute Gasteiger partial charge is 0.410 e. The number of ketones is 1. The van der Waals surface area contributed by atoms with Gasteiger partial charge in [-0.3, -0.25) is 4.79 Å². The van der Waals surface area contributed by atoms with Crippen molar-refractivity contribution in [3.63, 3.8) is 0 Å². The van der Waals surface area contributed by atoms with Crippen LogP contribution in [0.1, 0.15) is 37.6 Å². The topological polar surface area (TPSA) is 46.6 Å². The number of likely N-dealkylation sites (tertiary alicyclic amines) is 1. The van der Waals surface area contributed by atoms with E-state index in [2.05, 4.69) is 0 Å². The Balaban J connectivity index is 2.02. The summed E-state index contributed by atoms with van der Waals surface area (Å²) in [7, 11) is 0. The third-order valence-corrected chi connectivity index (χ3v) is 3.72. The van der Waals surface area contributed by atoms with Crippen molar-refractivity contribution in [1.82, 2.24) is 4.90 Å². The molecule has 1 amide bonds. The number of halogens is 2. The van der Waals surface area contributed by atoms with Gasteiger partial charge in [0.05, 0.1) is 5.02 Å². The van der Waals surface area contributed by atoms with E-state index in [4.69, 9.17) is 16.3 Å². The van der Waals surface area contributed by atoms with Crippen molar-refractivity contribution in [1.29, 1.82) is 0 Å². The van der Waals surface area contributed by atoms with Crippen LogP contribution in [0, 0.1) is 11.7 Å². The van der Waals surface area contributed by atoms with Gasteiger partial charge in [-0.25, -0.2) is 9.18 Å². The quantitative estimate of drug-likeness (QED) is 0.773. The minimum absolute atomic E-state index is 0.0154. The summed E-state index contributed by atoms with van der Waals surface area (Å²) < 4.78 is 18.7. The molecule has 1 saturated heterocycles. The standard InChI is InChI=1S/C16H19ClFNO3/c1-16(2,3)22-15(21)19-7-6-11(9-19)14(20)10-4-5-12(17)13(18)8-10/h4-5,8,11H,6-7,9H2,1-3H3/t11-/m0/s1. The summed E-state index contributed by atoms with van der Waals surface area (Å²) in [6.07, 6.45) is 0.118. The first-order valence-electron chi connectivity index (χ1n) is 7.14. The van der Waals surface area contributed by atoms with Crippen LogP contribution in [-0.2, 0) is 4.74 Å². The summed E-state index contributed by atoms with van der Waals surface area (Å²) in [5.41, 5.74) is -0.295. The maximum atomic E-state index is 13.4. The van der Waals surface area contributed by atoms with E-state index in [-0.39, 0.29) is 28.8 Å². The highest BCUT2D eigenvalue weighted by molar-refractivity contribution is 6.30. The minimum Gasteiger partial charge on any atom is -0.444 e. The second-order valence-corrected chi connectivity index (χ2v) is 6.81. The Bertz CT molecular complexity index is 598. The van der Waals surface area contributed by atoms with Crippen LogP contribution >= 0.6 is 11.6 Å². The molecular weight excluding hydrogens is 309 g/mol. The third kappa shape index (κ3) is 3.97. The van der Waals surface area contributed by atoms with Crippen LogP contribution in [0.15, 0.2) is 18.2 Å². The SMILES string of the molecule is CC(C)(C)OC(=O)N1CC[C@H](C(=O)c2ccc(Cl)c(F)c2)C1. The number of hydrogen-bond donors (Lipinski definition) is 0. The zero-order valence-electron chi connectivity index (χ0n) is 12.9. The average Bonchev–Trinajstić information content (AvgIpc) is 2.89. The Kier molecular flexibility index (Phi) is 4.75. The van der Waals surface area contributed by atoms with E-state index in [1.165, 1.54) is 17.0 Å². The molecule has 1 aromatic rings. The molecule has 22 heavy (non-hydrogen) atoms. The number of rotatable bonds is 2. The average molecular weight is 328 g/mol. The number of hydrogen-bond acceptors (Lipinski definition) is 3. The van der Waals surface area contributed by atoms with Gasteiger partial charge in [-0.05, 0) is 45.4 Å². The second kappa shape index (κ2) is 6.24. The molecule has 2 rings (SSSR count). The van der Waals surface area contributed by atoms with E-state index in [0.29, 0.717) is 13.0 Å². The van der Waals surface area contributed by atoms with Gasteiger partial charge < -0.3 is 9.64 Å². The summed E-state index contributed by atoms with van der Waals surface area (Å²) >= 11 is 5.62. The summed E-state index contributed by atoms with van der Waals surface area (Å²) in [6, 6.07) is 4.01. The van der Waals surface area contributed by atoms with Gasteiger partial charge in [0.1, 0.15) is 11.4 Å². The Labute approximate surface area is 134 Å². The molecule has 1 aromatic carbocycles. The van der Waals surface area contributed by atoms with Crippen molar-refractivity contribution in [2.45, 2.75) is 32.8 Å². The van der Waals surface area contributed by atoms with Gasteiger partial charge in [0.2, 0.25) is 0 Å². The number of amides is 1. The van der Waals surface area contributed by atoms with Crippen LogP contribution in [0.25, 0.3) is 0 Å². The minimum atomic E-state index is -0.616. The number of nitrogens with zero attached hydrogens (tertiary/aromatic N) is 1. The van der Waals surface area contributed by atoms with E-state index >= 15 is 0 Å². The lowest BCUT2D eigenvalue weighted by Gasteiger charge is -2.24. The van der Waals surface area contributed by atoms with Crippen molar-refractivity contribution < 1.29 is 18.7 Å². The summed E-state index contributed by atoms with van der Waals surface area (Å²) in [6.45, 7) is 6.12. The molecule has 1 aliphatic rings. The third-order valence-electron chi connectivity index (χ3n) is 3.41. The summed E-state index contributed by atoms with van der Waals surface area (Å²) in [5, 5.41) is -0.0154. The highest BCUT2D eigenvalue weighted by atomic mass is 35.5. The number of benzene rings is 1. The van der Waals surface area contributed by atoms with Gasteiger partial charge in [0.15, 0.2) is 5.78 Å². The van der Waals surface area contributed by atoms with Gasteiger partial charge >= 0.3 is 6.09 Å².